The maximum Gasteiger partial charge on any atom is 0.410 e. The lowest BCUT2D eigenvalue weighted by Gasteiger charge is -2.34. The summed E-state index contributed by atoms with van der Waals surface area (Å²) in [5.74, 6) is 0.749. The van der Waals surface area contributed by atoms with E-state index >= 15 is 0 Å². The second-order valence-electron chi connectivity index (χ2n) is 5.48. The van der Waals surface area contributed by atoms with E-state index in [4.69, 9.17) is 4.74 Å². The van der Waals surface area contributed by atoms with E-state index in [9.17, 15) is 4.79 Å². The highest BCUT2D eigenvalue weighted by atomic mass is 127. The van der Waals surface area contributed by atoms with Crippen molar-refractivity contribution >= 4 is 28.7 Å². The van der Waals surface area contributed by atoms with Crippen LogP contribution in [0.1, 0.15) is 40.5 Å². The zero-order chi connectivity index (χ0) is 12.3. The van der Waals surface area contributed by atoms with Gasteiger partial charge >= 0.3 is 6.09 Å². The van der Waals surface area contributed by atoms with Crippen molar-refractivity contribution in [1.29, 1.82) is 0 Å². The molecule has 0 bridgehead atoms. The number of piperidine rings is 1. The largest absolute Gasteiger partial charge is 0.444 e. The number of halogens is 1. The Hall–Kier alpha value is 0. The number of hydrogen-bond donors (Lipinski definition) is 0. The van der Waals surface area contributed by atoms with Gasteiger partial charge in [-0.2, -0.15) is 0 Å². The zero-order valence-electron chi connectivity index (χ0n) is 10.6. The topological polar surface area (TPSA) is 29.5 Å². The molecule has 0 spiro atoms. The molecule has 16 heavy (non-hydrogen) atoms. The Morgan fingerprint density at radius 1 is 1.38 bits per heavy atom. The summed E-state index contributed by atoms with van der Waals surface area (Å²) in [6.07, 6.45) is 2.04. The fourth-order valence-electron chi connectivity index (χ4n) is 1.87. The van der Waals surface area contributed by atoms with Gasteiger partial charge in [0.15, 0.2) is 0 Å². The molecule has 1 aliphatic rings. The van der Waals surface area contributed by atoms with E-state index in [-0.39, 0.29) is 11.7 Å². The average molecular weight is 339 g/mol. The molecule has 1 aliphatic heterocycles. The molecule has 0 aromatic rings. The highest BCUT2D eigenvalue weighted by Crippen LogP contribution is 2.26. The smallest absolute Gasteiger partial charge is 0.410 e. The van der Waals surface area contributed by atoms with Crippen LogP contribution >= 0.6 is 22.6 Å². The van der Waals surface area contributed by atoms with Gasteiger partial charge in [-0.3, -0.25) is 0 Å². The number of carbonyl (C=O) groups is 1. The minimum atomic E-state index is -0.384. The quantitative estimate of drug-likeness (QED) is 0.541. The van der Waals surface area contributed by atoms with E-state index in [0.717, 1.165) is 31.8 Å². The minimum absolute atomic E-state index is 0.160. The Labute approximate surface area is 112 Å². The van der Waals surface area contributed by atoms with Gasteiger partial charge in [0.05, 0.1) is 0 Å². The number of alkyl halides is 1. The standard InChI is InChI=1S/C12H22INO2/c1-9(13)10-5-7-14(8-6-10)11(15)16-12(2,3)4/h9-10H,5-8H2,1-4H3/t9-/m1/s1. The van der Waals surface area contributed by atoms with E-state index in [0.29, 0.717) is 3.92 Å². The van der Waals surface area contributed by atoms with Gasteiger partial charge in [-0.15, -0.1) is 0 Å². The monoisotopic (exact) mass is 339 g/mol. The molecule has 1 rings (SSSR count). The molecule has 0 saturated carbocycles. The van der Waals surface area contributed by atoms with Crippen molar-refractivity contribution in [3.8, 4) is 0 Å². The number of likely N-dealkylation sites (tertiary alicyclic amines) is 1. The van der Waals surface area contributed by atoms with Gasteiger partial charge in [-0.25, -0.2) is 4.79 Å². The number of ether oxygens (including phenoxy) is 1. The molecule has 94 valence electrons. The second kappa shape index (κ2) is 5.56. The first-order valence-electron chi connectivity index (χ1n) is 5.91. The SMILES string of the molecule is C[C@@H](I)C1CCN(C(=O)OC(C)(C)C)CC1. The molecule has 0 radical (unpaired) electrons. The Morgan fingerprint density at radius 2 is 1.88 bits per heavy atom. The summed E-state index contributed by atoms with van der Waals surface area (Å²) in [4.78, 5) is 13.6. The first-order chi connectivity index (χ1) is 7.29. The summed E-state index contributed by atoms with van der Waals surface area (Å²) in [6.45, 7) is 9.65. The van der Waals surface area contributed by atoms with E-state index in [1.54, 1.807) is 0 Å². The van der Waals surface area contributed by atoms with Gasteiger partial charge in [-0.1, -0.05) is 29.5 Å². The summed E-state index contributed by atoms with van der Waals surface area (Å²) in [5, 5.41) is 0. The van der Waals surface area contributed by atoms with E-state index < -0.39 is 0 Å². The van der Waals surface area contributed by atoms with Crippen molar-refractivity contribution < 1.29 is 9.53 Å². The number of hydrogen-bond acceptors (Lipinski definition) is 2. The maximum absolute atomic E-state index is 11.8. The lowest BCUT2D eigenvalue weighted by Crippen LogP contribution is -2.42. The van der Waals surface area contributed by atoms with Crippen LogP contribution in [-0.2, 0) is 4.74 Å². The molecule has 0 N–H and O–H groups in total. The van der Waals surface area contributed by atoms with Crippen molar-refractivity contribution in [3.05, 3.63) is 0 Å². The molecular formula is C12H22INO2. The summed E-state index contributed by atoms with van der Waals surface area (Å²) in [6, 6.07) is 0. The predicted molar refractivity (Wildman–Crippen MR) is 74.0 cm³/mol. The zero-order valence-corrected chi connectivity index (χ0v) is 12.8. The Kier molecular flexibility index (Phi) is 4.88. The molecule has 0 aromatic heterocycles. The van der Waals surface area contributed by atoms with Crippen LogP contribution in [0.25, 0.3) is 0 Å². The fraction of sp³-hybridized carbons (Fsp3) is 0.917. The van der Waals surface area contributed by atoms with Crippen molar-refractivity contribution in [1.82, 2.24) is 4.90 Å². The van der Waals surface area contributed by atoms with Crippen molar-refractivity contribution in [2.75, 3.05) is 13.1 Å². The molecule has 1 atom stereocenters. The fourth-order valence-corrected chi connectivity index (χ4v) is 2.59. The number of rotatable bonds is 1. The lowest BCUT2D eigenvalue weighted by atomic mass is 9.95. The third-order valence-electron chi connectivity index (χ3n) is 2.84. The van der Waals surface area contributed by atoms with Crippen LogP contribution in [0, 0.1) is 5.92 Å². The van der Waals surface area contributed by atoms with Gasteiger partial charge in [0.2, 0.25) is 0 Å². The van der Waals surface area contributed by atoms with Gasteiger partial charge in [0.1, 0.15) is 5.60 Å². The van der Waals surface area contributed by atoms with Crippen LogP contribution < -0.4 is 0 Å². The highest BCUT2D eigenvalue weighted by molar-refractivity contribution is 14.1. The van der Waals surface area contributed by atoms with Crippen LogP contribution in [-0.4, -0.2) is 33.6 Å². The second-order valence-corrected chi connectivity index (χ2v) is 7.45. The first kappa shape index (κ1) is 14.1. The van der Waals surface area contributed by atoms with Crippen LogP contribution in [0.5, 0.6) is 0 Å². The third-order valence-corrected chi connectivity index (χ3v) is 3.86. The maximum atomic E-state index is 11.8. The molecule has 1 amide bonds. The lowest BCUT2D eigenvalue weighted by molar-refractivity contribution is 0.0186. The Bertz CT molecular complexity index is 240. The molecule has 3 nitrogen and oxygen atoms in total. The number of carbonyl (C=O) groups excluding carboxylic acids is 1. The number of amides is 1. The summed E-state index contributed by atoms with van der Waals surface area (Å²) in [7, 11) is 0. The van der Waals surface area contributed by atoms with Crippen LogP contribution in [0.4, 0.5) is 4.79 Å². The molecule has 4 heteroatoms. The summed E-state index contributed by atoms with van der Waals surface area (Å²) in [5.41, 5.74) is -0.384. The highest BCUT2D eigenvalue weighted by Gasteiger charge is 2.28. The van der Waals surface area contributed by atoms with E-state index in [2.05, 4.69) is 29.5 Å². The molecule has 0 aromatic carbocycles. The summed E-state index contributed by atoms with van der Waals surface area (Å²) >= 11 is 2.47. The van der Waals surface area contributed by atoms with Gasteiger partial charge in [0.25, 0.3) is 0 Å². The van der Waals surface area contributed by atoms with Crippen LogP contribution in [0.15, 0.2) is 0 Å². The van der Waals surface area contributed by atoms with Crippen LogP contribution in [0.3, 0.4) is 0 Å². The van der Waals surface area contributed by atoms with Crippen LogP contribution in [0.2, 0.25) is 0 Å². The molecule has 0 unspecified atom stereocenters. The molecule has 1 saturated heterocycles. The molecule has 1 fully saturated rings. The van der Waals surface area contributed by atoms with Crippen molar-refractivity contribution in [2.45, 2.75) is 50.1 Å². The van der Waals surface area contributed by atoms with Crippen molar-refractivity contribution in [2.24, 2.45) is 5.92 Å². The first-order valence-corrected chi connectivity index (χ1v) is 7.16. The average Bonchev–Trinajstić information content (AvgIpc) is 2.15. The van der Waals surface area contributed by atoms with Gasteiger partial charge in [0, 0.05) is 17.0 Å². The predicted octanol–water partition coefficient (Wildman–Crippen LogP) is 3.46. The van der Waals surface area contributed by atoms with Gasteiger partial charge in [-0.05, 0) is 39.5 Å². The third kappa shape index (κ3) is 4.47. The Balaban J connectivity index is 2.39. The number of nitrogens with zero attached hydrogens (tertiary/aromatic N) is 1. The van der Waals surface area contributed by atoms with Gasteiger partial charge < -0.3 is 9.64 Å². The minimum Gasteiger partial charge on any atom is -0.444 e. The molecule has 1 heterocycles. The molecular weight excluding hydrogens is 317 g/mol. The van der Waals surface area contributed by atoms with E-state index in [1.165, 1.54) is 0 Å². The normalized spacial score (nSPS) is 20.7. The van der Waals surface area contributed by atoms with Crippen molar-refractivity contribution in [3.63, 3.8) is 0 Å². The summed E-state index contributed by atoms with van der Waals surface area (Å²) < 4.78 is 6.05. The Morgan fingerprint density at radius 3 is 2.25 bits per heavy atom. The molecule has 0 aliphatic carbocycles. The van der Waals surface area contributed by atoms with E-state index in [1.807, 2.05) is 25.7 Å².